The van der Waals surface area contributed by atoms with Gasteiger partial charge in [-0.1, -0.05) is 22.0 Å². The van der Waals surface area contributed by atoms with E-state index in [0.29, 0.717) is 10.7 Å². The molecule has 0 radical (unpaired) electrons. The Morgan fingerprint density at radius 2 is 2.04 bits per heavy atom. The quantitative estimate of drug-likeness (QED) is 0.542. The fourth-order valence-corrected chi connectivity index (χ4v) is 7.76. The van der Waals surface area contributed by atoms with Gasteiger partial charge in [0.2, 0.25) is 5.91 Å². The Morgan fingerprint density at radius 3 is 2.70 bits per heavy atom. The Kier molecular flexibility index (Phi) is 4.04. The van der Waals surface area contributed by atoms with Crippen LogP contribution in [0.5, 0.6) is 0 Å². The molecule has 1 amide bonds. The highest BCUT2D eigenvalue weighted by Gasteiger charge is 2.57. The molecule has 124 valence electrons. The van der Waals surface area contributed by atoms with Crippen LogP contribution in [0.4, 0.5) is 5.69 Å². The molecule has 0 spiro atoms. The average molecular weight is 394 g/mol. The molecule has 2 unspecified atom stereocenters. The third-order valence-electron chi connectivity index (χ3n) is 6.00. The van der Waals surface area contributed by atoms with Gasteiger partial charge in [-0.3, -0.25) is 4.79 Å². The van der Waals surface area contributed by atoms with Gasteiger partial charge < -0.3 is 5.32 Å². The second-order valence-electron chi connectivity index (χ2n) is 8.07. The van der Waals surface area contributed by atoms with Crippen LogP contribution in [0.2, 0.25) is 0 Å². The van der Waals surface area contributed by atoms with Crippen LogP contribution < -0.4 is 5.32 Å². The number of carbonyl (C=O) groups is 1. The fraction of sp³-hybridized carbons (Fsp3) is 0.632. The lowest BCUT2D eigenvalue weighted by Gasteiger charge is -2.60. The van der Waals surface area contributed by atoms with Crippen LogP contribution in [0.3, 0.4) is 0 Å². The Labute approximate surface area is 151 Å². The molecule has 4 saturated carbocycles. The second kappa shape index (κ2) is 5.80. The molecule has 0 heterocycles. The van der Waals surface area contributed by atoms with E-state index in [2.05, 4.69) is 39.6 Å². The number of amides is 1. The number of rotatable bonds is 4. The lowest BCUT2D eigenvalue weighted by atomic mass is 9.48. The Hall–Kier alpha value is -0.480. The highest BCUT2D eigenvalue weighted by atomic mass is 79.9. The van der Waals surface area contributed by atoms with Crippen molar-refractivity contribution in [2.45, 2.75) is 54.2 Å². The van der Waals surface area contributed by atoms with Crippen molar-refractivity contribution in [3.63, 3.8) is 0 Å². The van der Waals surface area contributed by atoms with Crippen LogP contribution >= 0.6 is 27.7 Å². The first kappa shape index (κ1) is 16.0. The SMILES string of the molecule is CSc1cccc(NC(=O)CC23CC4CC(CC(Br)(C4)C2)C3)c1. The summed E-state index contributed by atoms with van der Waals surface area (Å²) in [5.74, 6) is 1.87. The minimum atomic E-state index is 0.196. The lowest BCUT2D eigenvalue weighted by molar-refractivity contribution is -0.123. The van der Waals surface area contributed by atoms with Crippen LogP contribution in [0.25, 0.3) is 0 Å². The van der Waals surface area contributed by atoms with Crippen LogP contribution in [0.15, 0.2) is 29.2 Å². The largest absolute Gasteiger partial charge is 0.326 e. The zero-order valence-electron chi connectivity index (χ0n) is 13.6. The minimum absolute atomic E-state index is 0.196. The van der Waals surface area contributed by atoms with E-state index in [4.69, 9.17) is 0 Å². The summed E-state index contributed by atoms with van der Waals surface area (Å²) < 4.78 is 0.329. The van der Waals surface area contributed by atoms with E-state index in [1.165, 1.54) is 43.4 Å². The number of alkyl halides is 1. The third kappa shape index (κ3) is 3.21. The number of anilines is 1. The monoisotopic (exact) mass is 393 g/mol. The van der Waals surface area contributed by atoms with Gasteiger partial charge in [0.25, 0.3) is 0 Å². The van der Waals surface area contributed by atoms with Gasteiger partial charge in [0.15, 0.2) is 0 Å². The molecule has 1 aromatic carbocycles. The molecule has 2 atom stereocenters. The number of halogens is 1. The van der Waals surface area contributed by atoms with Crippen LogP contribution in [0.1, 0.15) is 44.9 Å². The maximum Gasteiger partial charge on any atom is 0.224 e. The van der Waals surface area contributed by atoms with Crippen molar-refractivity contribution in [2.24, 2.45) is 17.3 Å². The Morgan fingerprint density at radius 1 is 1.30 bits per heavy atom. The van der Waals surface area contributed by atoms with Crippen molar-refractivity contribution in [1.82, 2.24) is 0 Å². The second-order valence-corrected chi connectivity index (χ2v) is 10.6. The molecule has 0 aromatic heterocycles. The standard InChI is InChI=1S/C19H24BrNOS/c1-23-16-4-2-3-15(6-16)21-17(22)11-18-7-13-5-14(8-18)10-19(20,9-13)12-18/h2-4,6,13-14H,5,7-12H2,1H3,(H,21,22). The first-order chi connectivity index (χ1) is 11.0. The smallest absolute Gasteiger partial charge is 0.224 e. The number of thioether (sulfide) groups is 1. The van der Waals surface area contributed by atoms with Gasteiger partial charge in [-0.25, -0.2) is 0 Å². The molecule has 5 rings (SSSR count). The molecule has 2 nitrogen and oxygen atoms in total. The van der Waals surface area contributed by atoms with Crippen molar-refractivity contribution in [3.8, 4) is 0 Å². The van der Waals surface area contributed by atoms with Crippen LogP contribution in [-0.2, 0) is 4.79 Å². The Balaban J connectivity index is 1.46. The summed E-state index contributed by atoms with van der Waals surface area (Å²) >= 11 is 5.74. The van der Waals surface area contributed by atoms with Crippen molar-refractivity contribution < 1.29 is 4.79 Å². The maximum atomic E-state index is 12.7. The van der Waals surface area contributed by atoms with Gasteiger partial charge in [0.05, 0.1) is 0 Å². The molecule has 4 fully saturated rings. The van der Waals surface area contributed by atoms with Crippen molar-refractivity contribution in [1.29, 1.82) is 0 Å². The molecule has 0 saturated heterocycles. The number of carbonyl (C=O) groups excluding carboxylic acids is 1. The van der Waals surface area contributed by atoms with E-state index >= 15 is 0 Å². The number of hydrogen-bond acceptors (Lipinski definition) is 2. The molecular weight excluding hydrogens is 370 g/mol. The van der Waals surface area contributed by atoms with Crippen molar-refractivity contribution in [3.05, 3.63) is 24.3 Å². The predicted molar refractivity (Wildman–Crippen MR) is 100 cm³/mol. The maximum absolute atomic E-state index is 12.7. The van der Waals surface area contributed by atoms with Crippen LogP contribution in [0, 0.1) is 17.3 Å². The normalized spacial score (nSPS) is 37.8. The summed E-state index contributed by atoms with van der Waals surface area (Å²) in [5, 5.41) is 3.14. The van der Waals surface area contributed by atoms with E-state index in [1.54, 1.807) is 11.8 Å². The van der Waals surface area contributed by atoms with E-state index in [1.807, 2.05) is 12.1 Å². The van der Waals surface area contributed by atoms with Gasteiger partial charge in [0, 0.05) is 21.3 Å². The van der Waals surface area contributed by atoms with Gasteiger partial charge in [-0.05, 0) is 80.2 Å². The van der Waals surface area contributed by atoms with Gasteiger partial charge in [-0.15, -0.1) is 11.8 Å². The summed E-state index contributed by atoms with van der Waals surface area (Å²) in [5.41, 5.74) is 1.18. The van der Waals surface area contributed by atoms with E-state index in [-0.39, 0.29) is 11.3 Å². The zero-order chi connectivity index (χ0) is 16.1. The summed E-state index contributed by atoms with van der Waals surface area (Å²) in [7, 11) is 0. The molecule has 23 heavy (non-hydrogen) atoms. The van der Waals surface area contributed by atoms with E-state index in [0.717, 1.165) is 17.5 Å². The summed E-state index contributed by atoms with van der Waals surface area (Å²) in [6, 6.07) is 8.14. The van der Waals surface area contributed by atoms with Gasteiger partial charge >= 0.3 is 0 Å². The molecule has 4 bridgehead atoms. The first-order valence-electron chi connectivity index (χ1n) is 8.60. The molecule has 4 aliphatic carbocycles. The number of nitrogens with one attached hydrogen (secondary N) is 1. The molecule has 1 aromatic rings. The third-order valence-corrected chi connectivity index (χ3v) is 7.65. The highest BCUT2D eigenvalue weighted by molar-refractivity contribution is 9.10. The average Bonchev–Trinajstić information content (AvgIpc) is 2.43. The molecular formula is C19H24BrNOS. The summed E-state index contributed by atoms with van der Waals surface area (Å²) in [6.45, 7) is 0. The zero-order valence-corrected chi connectivity index (χ0v) is 16.0. The van der Waals surface area contributed by atoms with Crippen molar-refractivity contribution >= 4 is 39.3 Å². The molecule has 1 N–H and O–H groups in total. The predicted octanol–water partition coefficient (Wildman–Crippen LogP) is 5.47. The topological polar surface area (TPSA) is 29.1 Å². The lowest BCUT2D eigenvalue weighted by Crippen LogP contribution is -2.53. The first-order valence-corrected chi connectivity index (χ1v) is 10.6. The Bertz CT molecular complexity index is 618. The highest BCUT2D eigenvalue weighted by Crippen LogP contribution is 2.65. The van der Waals surface area contributed by atoms with Crippen LogP contribution in [-0.4, -0.2) is 16.5 Å². The van der Waals surface area contributed by atoms with E-state index in [9.17, 15) is 4.79 Å². The number of benzene rings is 1. The fourth-order valence-electron chi connectivity index (χ4n) is 5.79. The van der Waals surface area contributed by atoms with Gasteiger partial charge in [-0.2, -0.15) is 0 Å². The van der Waals surface area contributed by atoms with E-state index < -0.39 is 0 Å². The minimum Gasteiger partial charge on any atom is -0.326 e. The molecule has 4 heteroatoms. The van der Waals surface area contributed by atoms with Crippen molar-refractivity contribution in [2.75, 3.05) is 11.6 Å². The molecule has 4 aliphatic rings. The summed E-state index contributed by atoms with van der Waals surface area (Å²) in [4.78, 5) is 13.9. The number of hydrogen-bond donors (Lipinski definition) is 1. The molecule has 0 aliphatic heterocycles. The van der Waals surface area contributed by atoms with Gasteiger partial charge in [0.1, 0.15) is 0 Å². The summed E-state index contributed by atoms with van der Waals surface area (Å²) in [6.07, 6.45) is 10.5.